The number of hydrogen-bond donors (Lipinski definition) is 8. The number of hydrogen-bond acceptors (Lipinski definition) is 7. The maximum Gasteiger partial charge on any atom is 0.325 e. The molecule has 0 saturated carbocycles. The Bertz CT molecular complexity index is 1390. The van der Waals surface area contributed by atoms with E-state index < -0.39 is 60.2 Å². The van der Waals surface area contributed by atoms with Gasteiger partial charge in [-0.25, -0.2) is 0 Å². The Hall–Kier alpha value is -4.91. The second-order valence-electron chi connectivity index (χ2n) is 9.40. The molecule has 0 radical (unpaired) electrons. The van der Waals surface area contributed by atoms with Gasteiger partial charge in [0, 0.05) is 23.5 Å². The molecule has 4 amide bonds. The van der Waals surface area contributed by atoms with Gasteiger partial charge in [0.25, 0.3) is 0 Å². The fourth-order valence-corrected chi connectivity index (χ4v) is 4.04. The average Bonchev–Trinajstić information content (AvgIpc) is 3.31. The number of carboxylic acids is 1. The standard InChI is InChI=1S/C27H32N6O7/c1-14(27(39)40)31-25(37)22(12-23(29)35)33-26(38)21(10-15-6-8-17(34)9-7-15)32-24(36)19(28)11-16-13-30-20-5-3-2-4-18(16)20/h2-9,13-14,19,21-22,30,34H,10-12,28H2,1H3,(H2,29,35)(H,31,37)(H,32,36)(H,33,38)(H,39,40). The number of nitrogens with one attached hydrogen (secondary N) is 4. The first-order chi connectivity index (χ1) is 18.9. The lowest BCUT2D eigenvalue weighted by atomic mass is 10.0. The zero-order valence-electron chi connectivity index (χ0n) is 21.7. The normalized spacial score (nSPS) is 13.9. The van der Waals surface area contributed by atoms with E-state index in [1.54, 1.807) is 18.3 Å². The molecular formula is C27H32N6O7. The molecule has 212 valence electrons. The van der Waals surface area contributed by atoms with Crippen molar-refractivity contribution in [3.8, 4) is 5.75 Å². The van der Waals surface area contributed by atoms with Crippen LogP contribution in [0.25, 0.3) is 10.9 Å². The third-order valence-electron chi connectivity index (χ3n) is 6.23. The van der Waals surface area contributed by atoms with Gasteiger partial charge in [0.1, 0.15) is 23.9 Å². The van der Waals surface area contributed by atoms with Gasteiger partial charge in [0.05, 0.1) is 12.5 Å². The highest BCUT2D eigenvalue weighted by Crippen LogP contribution is 2.19. The highest BCUT2D eigenvalue weighted by molar-refractivity contribution is 5.96. The van der Waals surface area contributed by atoms with Crippen molar-refractivity contribution >= 4 is 40.5 Å². The zero-order chi connectivity index (χ0) is 29.4. The van der Waals surface area contributed by atoms with E-state index >= 15 is 0 Å². The van der Waals surface area contributed by atoms with Crippen LogP contribution in [0.4, 0.5) is 0 Å². The number of benzene rings is 2. The van der Waals surface area contributed by atoms with Crippen molar-refractivity contribution in [3.05, 3.63) is 65.9 Å². The van der Waals surface area contributed by atoms with Gasteiger partial charge in [-0.3, -0.25) is 24.0 Å². The molecular weight excluding hydrogens is 520 g/mol. The number of amides is 4. The fourth-order valence-electron chi connectivity index (χ4n) is 4.04. The fraction of sp³-hybridized carbons (Fsp3) is 0.296. The van der Waals surface area contributed by atoms with E-state index in [1.807, 2.05) is 24.3 Å². The molecule has 4 atom stereocenters. The minimum absolute atomic E-state index is 0.000261. The molecule has 1 heterocycles. The third kappa shape index (κ3) is 8.04. The number of nitrogens with two attached hydrogens (primary N) is 2. The highest BCUT2D eigenvalue weighted by Gasteiger charge is 2.30. The molecule has 0 aliphatic heterocycles. The first-order valence-corrected chi connectivity index (χ1v) is 12.4. The summed E-state index contributed by atoms with van der Waals surface area (Å²) in [7, 11) is 0. The molecule has 3 aromatic rings. The summed E-state index contributed by atoms with van der Waals surface area (Å²) in [6.07, 6.45) is 1.27. The van der Waals surface area contributed by atoms with Crippen LogP contribution in [0.2, 0.25) is 0 Å². The Balaban J connectivity index is 1.78. The predicted octanol–water partition coefficient (Wildman–Crippen LogP) is -0.580. The minimum Gasteiger partial charge on any atom is -0.508 e. The van der Waals surface area contributed by atoms with E-state index in [0.29, 0.717) is 5.56 Å². The smallest absolute Gasteiger partial charge is 0.325 e. The average molecular weight is 553 g/mol. The summed E-state index contributed by atoms with van der Waals surface area (Å²) in [5.74, 6) is -4.64. The lowest BCUT2D eigenvalue weighted by Gasteiger charge is -2.24. The van der Waals surface area contributed by atoms with Crippen molar-refractivity contribution in [2.75, 3.05) is 0 Å². The van der Waals surface area contributed by atoms with Crippen LogP contribution in [-0.4, -0.2) is 69.0 Å². The summed E-state index contributed by atoms with van der Waals surface area (Å²) in [6, 6.07) is 8.36. The van der Waals surface area contributed by atoms with Gasteiger partial charge < -0.3 is 42.6 Å². The summed E-state index contributed by atoms with van der Waals surface area (Å²) in [5, 5.41) is 26.7. The van der Waals surface area contributed by atoms with Gasteiger partial charge in [-0.05, 0) is 42.7 Å². The molecule has 0 spiro atoms. The molecule has 0 aliphatic carbocycles. The number of rotatable bonds is 13. The van der Waals surface area contributed by atoms with E-state index in [-0.39, 0.29) is 18.6 Å². The molecule has 40 heavy (non-hydrogen) atoms. The number of aliphatic carboxylic acids is 1. The van der Waals surface area contributed by atoms with Crippen molar-refractivity contribution in [1.82, 2.24) is 20.9 Å². The molecule has 0 bridgehead atoms. The Morgan fingerprint density at radius 2 is 1.50 bits per heavy atom. The molecule has 3 rings (SSSR count). The zero-order valence-corrected chi connectivity index (χ0v) is 21.7. The van der Waals surface area contributed by atoms with Crippen LogP contribution in [0.1, 0.15) is 24.5 Å². The second kappa shape index (κ2) is 13.2. The molecule has 0 aliphatic rings. The van der Waals surface area contributed by atoms with Gasteiger partial charge in [0.2, 0.25) is 23.6 Å². The number of fused-ring (bicyclic) bond motifs is 1. The van der Waals surface area contributed by atoms with Gasteiger partial charge in [-0.1, -0.05) is 30.3 Å². The Labute approximate surface area is 229 Å². The Kier molecular flexibility index (Phi) is 9.81. The number of para-hydroxylation sites is 1. The summed E-state index contributed by atoms with van der Waals surface area (Å²) in [6.45, 7) is 1.21. The summed E-state index contributed by atoms with van der Waals surface area (Å²) >= 11 is 0. The van der Waals surface area contributed by atoms with Crippen molar-refractivity contribution in [2.45, 2.75) is 50.4 Å². The number of carboxylic acid groups (broad SMARTS) is 1. The molecule has 13 nitrogen and oxygen atoms in total. The number of aromatic nitrogens is 1. The van der Waals surface area contributed by atoms with E-state index in [0.717, 1.165) is 16.5 Å². The number of carbonyl (C=O) groups excluding carboxylic acids is 4. The number of aromatic amines is 1. The van der Waals surface area contributed by atoms with E-state index in [1.165, 1.54) is 19.1 Å². The lowest BCUT2D eigenvalue weighted by molar-refractivity contribution is -0.142. The third-order valence-corrected chi connectivity index (χ3v) is 6.23. The van der Waals surface area contributed by atoms with E-state index in [4.69, 9.17) is 16.6 Å². The molecule has 0 fully saturated rings. The topological polar surface area (TPSA) is 230 Å². The van der Waals surface area contributed by atoms with Crippen LogP contribution in [0.3, 0.4) is 0 Å². The number of phenols is 1. The number of H-pyrrole nitrogens is 1. The molecule has 1 aromatic heterocycles. The quantitative estimate of drug-likeness (QED) is 0.136. The second-order valence-corrected chi connectivity index (χ2v) is 9.40. The first kappa shape index (κ1) is 29.6. The summed E-state index contributed by atoms with van der Waals surface area (Å²) in [4.78, 5) is 64.9. The Morgan fingerprint density at radius 3 is 2.15 bits per heavy atom. The molecule has 0 saturated heterocycles. The summed E-state index contributed by atoms with van der Waals surface area (Å²) in [5.41, 5.74) is 13.7. The lowest BCUT2D eigenvalue weighted by Crippen LogP contribution is -2.58. The predicted molar refractivity (Wildman–Crippen MR) is 145 cm³/mol. The Morgan fingerprint density at radius 1 is 0.875 bits per heavy atom. The van der Waals surface area contributed by atoms with E-state index in [2.05, 4.69) is 20.9 Å². The maximum atomic E-state index is 13.3. The molecule has 4 unspecified atom stereocenters. The SMILES string of the molecule is CC(NC(=O)C(CC(N)=O)NC(=O)C(Cc1ccc(O)cc1)NC(=O)C(N)Cc1c[nH]c2ccccc12)C(=O)O. The largest absolute Gasteiger partial charge is 0.508 e. The van der Waals surface area contributed by atoms with Crippen molar-refractivity contribution < 1.29 is 34.2 Å². The van der Waals surface area contributed by atoms with E-state index in [9.17, 15) is 29.1 Å². The molecule has 2 aromatic carbocycles. The van der Waals surface area contributed by atoms with Crippen molar-refractivity contribution in [2.24, 2.45) is 11.5 Å². The number of carbonyl (C=O) groups is 5. The maximum absolute atomic E-state index is 13.3. The van der Waals surface area contributed by atoms with Gasteiger partial charge >= 0.3 is 5.97 Å². The van der Waals surface area contributed by atoms with Crippen LogP contribution >= 0.6 is 0 Å². The van der Waals surface area contributed by atoms with Crippen molar-refractivity contribution in [3.63, 3.8) is 0 Å². The molecule has 13 heteroatoms. The van der Waals surface area contributed by atoms with Gasteiger partial charge in [-0.2, -0.15) is 0 Å². The van der Waals surface area contributed by atoms with Crippen LogP contribution < -0.4 is 27.4 Å². The highest BCUT2D eigenvalue weighted by atomic mass is 16.4. The number of primary amides is 1. The van der Waals surface area contributed by atoms with Crippen LogP contribution in [0.15, 0.2) is 54.7 Å². The van der Waals surface area contributed by atoms with Gasteiger partial charge in [-0.15, -0.1) is 0 Å². The number of phenolic OH excluding ortho intramolecular Hbond substituents is 1. The monoisotopic (exact) mass is 552 g/mol. The number of aromatic hydroxyl groups is 1. The molecule has 10 N–H and O–H groups in total. The van der Waals surface area contributed by atoms with Crippen LogP contribution in [0.5, 0.6) is 5.75 Å². The van der Waals surface area contributed by atoms with Crippen molar-refractivity contribution in [1.29, 1.82) is 0 Å². The van der Waals surface area contributed by atoms with Gasteiger partial charge in [0.15, 0.2) is 0 Å². The van der Waals surface area contributed by atoms with Crippen LogP contribution in [0, 0.1) is 0 Å². The summed E-state index contributed by atoms with van der Waals surface area (Å²) < 4.78 is 0. The minimum atomic E-state index is -1.49. The van der Waals surface area contributed by atoms with Crippen LogP contribution in [-0.2, 0) is 36.8 Å². The first-order valence-electron chi connectivity index (χ1n) is 12.4.